The van der Waals surface area contributed by atoms with Crippen molar-refractivity contribution >= 4 is 23.2 Å². The molecule has 0 radical (unpaired) electrons. The predicted molar refractivity (Wildman–Crippen MR) is 81.1 cm³/mol. The molecule has 110 valence electrons. The molecule has 2 N–H and O–H groups in total. The van der Waals surface area contributed by atoms with Gasteiger partial charge in [0, 0.05) is 24.5 Å². The van der Waals surface area contributed by atoms with Crippen molar-refractivity contribution < 1.29 is 9.59 Å². The van der Waals surface area contributed by atoms with Crippen LogP contribution >= 0.6 is 0 Å². The fraction of sp³-hybridized carbons (Fsp3) is 0.267. The lowest BCUT2D eigenvalue weighted by Gasteiger charge is -2.13. The van der Waals surface area contributed by atoms with Crippen molar-refractivity contribution in [1.29, 1.82) is 0 Å². The van der Waals surface area contributed by atoms with Crippen LogP contribution < -0.4 is 10.6 Å². The molecule has 21 heavy (non-hydrogen) atoms. The van der Waals surface area contributed by atoms with E-state index in [-0.39, 0.29) is 11.8 Å². The summed E-state index contributed by atoms with van der Waals surface area (Å²) < 4.78 is 1.62. The molecule has 1 aromatic carbocycles. The number of benzene rings is 1. The summed E-state index contributed by atoms with van der Waals surface area (Å²) in [6.07, 6.45) is 1.78. The molecule has 6 heteroatoms. The van der Waals surface area contributed by atoms with Crippen molar-refractivity contribution in [1.82, 2.24) is 9.78 Å². The lowest BCUT2D eigenvalue weighted by atomic mass is 10.2. The van der Waals surface area contributed by atoms with Gasteiger partial charge in [-0.15, -0.1) is 0 Å². The molecule has 0 aliphatic rings. The second-order valence-electron chi connectivity index (χ2n) is 4.86. The van der Waals surface area contributed by atoms with Crippen LogP contribution in [0.4, 0.5) is 11.4 Å². The molecule has 1 aromatic heterocycles. The molecule has 2 rings (SSSR count). The average molecular weight is 286 g/mol. The Balaban J connectivity index is 2.00. The van der Waals surface area contributed by atoms with Gasteiger partial charge in [0.25, 0.3) is 0 Å². The van der Waals surface area contributed by atoms with Crippen molar-refractivity contribution in [2.45, 2.75) is 26.8 Å². The molecule has 1 atom stereocenters. The second-order valence-corrected chi connectivity index (χ2v) is 4.86. The van der Waals surface area contributed by atoms with Gasteiger partial charge in [-0.2, -0.15) is 5.10 Å². The zero-order chi connectivity index (χ0) is 15.4. The third-order valence-electron chi connectivity index (χ3n) is 2.99. The SMILES string of the molecule is CC(=O)Nc1ccc(NC(=O)C(C)n2ccc(C)n2)cc1. The first kappa shape index (κ1) is 14.8. The zero-order valence-corrected chi connectivity index (χ0v) is 12.3. The van der Waals surface area contributed by atoms with Crippen LogP contribution in [0.2, 0.25) is 0 Å². The van der Waals surface area contributed by atoms with Crippen LogP contribution in [0.3, 0.4) is 0 Å². The predicted octanol–water partition coefficient (Wildman–Crippen LogP) is 2.35. The number of carbonyl (C=O) groups is 2. The van der Waals surface area contributed by atoms with E-state index >= 15 is 0 Å². The van der Waals surface area contributed by atoms with Gasteiger partial charge < -0.3 is 10.6 Å². The summed E-state index contributed by atoms with van der Waals surface area (Å²) in [6, 6.07) is 8.41. The highest BCUT2D eigenvalue weighted by molar-refractivity contribution is 5.94. The maximum absolute atomic E-state index is 12.1. The number of rotatable bonds is 4. The van der Waals surface area contributed by atoms with Crippen LogP contribution in [0.15, 0.2) is 36.5 Å². The Morgan fingerprint density at radius 2 is 1.67 bits per heavy atom. The first-order valence-electron chi connectivity index (χ1n) is 6.66. The summed E-state index contributed by atoms with van der Waals surface area (Å²) in [5, 5.41) is 9.72. The van der Waals surface area contributed by atoms with Crippen molar-refractivity contribution in [3.8, 4) is 0 Å². The molecular formula is C15H18N4O2. The van der Waals surface area contributed by atoms with Gasteiger partial charge in [-0.3, -0.25) is 14.3 Å². The Bertz CT molecular complexity index is 646. The lowest BCUT2D eigenvalue weighted by molar-refractivity contribution is -0.119. The van der Waals surface area contributed by atoms with E-state index in [1.54, 1.807) is 42.1 Å². The van der Waals surface area contributed by atoms with Gasteiger partial charge in [0.2, 0.25) is 11.8 Å². The van der Waals surface area contributed by atoms with E-state index in [0.717, 1.165) is 5.69 Å². The minimum atomic E-state index is -0.395. The number of hydrogen-bond acceptors (Lipinski definition) is 3. The molecule has 2 amide bonds. The van der Waals surface area contributed by atoms with Gasteiger partial charge in [-0.1, -0.05) is 0 Å². The largest absolute Gasteiger partial charge is 0.326 e. The quantitative estimate of drug-likeness (QED) is 0.905. The summed E-state index contributed by atoms with van der Waals surface area (Å²) in [4.78, 5) is 23.1. The molecule has 0 saturated heterocycles. The molecule has 0 spiro atoms. The van der Waals surface area contributed by atoms with E-state index < -0.39 is 6.04 Å². The van der Waals surface area contributed by atoms with Gasteiger partial charge in [0.15, 0.2) is 0 Å². The topological polar surface area (TPSA) is 76.0 Å². The van der Waals surface area contributed by atoms with Crippen LogP contribution in [0.1, 0.15) is 25.6 Å². The van der Waals surface area contributed by atoms with Crippen LogP contribution in [-0.4, -0.2) is 21.6 Å². The highest BCUT2D eigenvalue weighted by Crippen LogP contribution is 2.15. The number of nitrogens with zero attached hydrogens (tertiary/aromatic N) is 2. The molecule has 1 unspecified atom stereocenters. The standard InChI is InChI=1S/C15H18N4O2/c1-10-8-9-19(18-10)11(2)15(21)17-14-6-4-13(5-7-14)16-12(3)20/h4-9,11H,1-3H3,(H,16,20)(H,17,21). The van der Waals surface area contributed by atoms with Crippen LogP contribution in [0, 0.1) is 6.92 Å². The van der Waals surface area contributed by atoms with Gasteiger partial charge in [-0.25, -0.2) is 0 Å². The molecular weight excluding hydrogens is 268 g/mol. The van der Waals surface area contributed by atoms with Crippen LogP contribution in [0.5, 0.6) is 0 Å². The summed E-state index contributed by atoms with van der Waals surface area (Å²) in [6.45, 7) is 5.11. The Hall–Kier alpha value is -2.63. The van der Waals surface area contributed by atoms with Gasteiger partial charge >= 0.3 is 0 Å². The number of aryl methyl sites for hydroxylation is 1. The molecule has 0 saturated carbocycles. The monoisotopic (exact) mass is 286 g/mol. The first-order chi connectivity index (χ1) is 9.95. The molecule has 0 bridgehead atoms. The third kappa shape index (κ3) is 3.92. The normalized spacial score (nSPS) is 11.8. The average Bonchev–Trinajstić information content (AvgIpc) is 2.86. The molecule has 6 nitrogen and oxygen atoms in total. The fourth-order valence-electron chi connectivity index (χ4n) is 1.86. The van der Waals surface area contributed by atoms with E-state index in [9.17, 15) is 9.59 Å². The summed E-state index contributed by atoms with van der Waals surface area (Å²) in [5.74, 6) is -0.278. The zero-order valence-electron chi connectivity index (χ0n) is 12.3. The first-order valence-corrected chi connectivity index (χ1v) is 6.66. The van der Waals surface area contributed by atoms with Crippen LogP contribution in [0.25, 0.3) is 0 Å². The second kappa shape index (κ2) is 6.21. The smallest absolute Gasteiger partial charge is 0.248 e. The highest BCUT2D eigenvalue weighted by atomic mass is 16.2. The van der Waals surface area contributed by atoms with E-state index in [4.69, 9.17) is 0 Å². The van der Waals surface area contributed by atoms with E-state index in [2.05, 4.69) is 15.7 Å². The number of hydrogen-bond donors (Lipinski definition) is 2. The number of amides is 2. The Kier molecular flexibility index (Phi) is 4.37. The number of aromatic nitrogens is 2. The number of anilines is 2. The molecule has 0 aliphatic heterocycles. The van der Waals surface area contributed by atoms with E-state index in [1.165, 1.54) is 6.92 Å². The molecule has 0 aliphatic carbocycles. The fourth-order valence-corrected chi connectivity index (χ4v) is 1.86. The number of nitrogens with one attached hydrogen (secondary N) is 2. The van der Waals surface area contributed by atoms with Crippen molar-refractivity contribution in [3.63, 3.8) is 0 Å². The molecule has 1 heterocycles. The highest BCUT2D eigenvalue weighted by Gasteiger charge is 2.15. The van der Waals surface area contributed by atoms with Gasteiger partial charge in [0.05, 0.1) is 5.69 Å². The maximum Gasteiger partial charge on any atom is 0.248 e. The summed E-state index contributed by atoms with van der Waals surface area (Å²) >= 11 is 0. The van der Waals surface area contributed by atoms with Crippen LogP contribution in [-0.2, 0) is 9.59 Å². The van der Waals surface area contributed by atoms with Crippen molar-refractivity contribution in [2.75, 3.05) is 10.6 Å². The van der Waals surface area contributed by atoms with E-state index in [1.807, 2.05) is 13.0 Å². The Labute approximate surface area is 123 Å². The lowest BCUT2D eigenvalue weighted by Crippen LogP contribution is -2.24. The molecule has 2 aromatic rings. The maximum atomic E-state index is 12.1. The summed E-state index contributed by atoms with van der Waals surface area (Å²) in [5.41, 5.74) is 2.23. The Morgan fingerprint density at radius 1 is 1.10 bits per heavy atom. The third-order valence-corrected chi connectivity index (χ3v) is 2.99. The Morgan fingerprint density at radius 3 is 2.14 bits per heavy atom. The summed E-state index contributed by atoms with van der Waals surface area (Å²) in [7, 11) is 0. The minimum absolute atomic E-state index is 0.130. The van der Waals surface area contributed by atoms with Crippen molar-refractivity contribution in [2.24, 2.45) is 0 Å². The number of carbonyl (C=O) groups excluding carboxylic acids is 2. The molecule has 0 fully saturated rings. The van der Waals surface area contributed by atoms with E-state index in [0.29, 0.717) is 11.4 Å². The van der Waals surface area contributed by atoms with Gasteiger partial charge in [-0.05, 0) is 44.2 Å². The minimum Gasteiger partial charge on any atom is -0.326 e. The van der Waals surface area contributed by atoms with Gasteiger partial charge in [0.1, 0.15) is 6.04 Å². The van der Waals surface area contributed by atoms with Crippen molar-refractivity contribution in [3.05, 3.63) is 42.2 Å².